The molecule has 0 saturated carbocycles. The van der Waals surface area contributed by atoms with Crippen molar-refractivity contribution in [2.75, 3.05) is 0 Å². The number of nitrogens with zero attached hydrogens (tertiary/aromatic N) is 1. The number of rotatable bonds is 7. The molecular weight excluding hydrogens is 312 g/mol. The van der Waals surface area contributed by atoms with Crippen LogP contribution >= 0.6 is 0 Å². The number of carbonyl (C=O) groups is 1. The zero-order valence-electron chi connectivity index (χ0n) is 13.9. The van der Waals surface area contributed by atoms with Gasteiger partial charge in [0.2, 0.25) is 11.8 Å². The van der Waals surface area contributed by atoms with Gasteiger partial charge in [-0.2, -0.15) is 0 Å². The van der Waals surface area contributed by atoms with Crippen molar-refractivity contribution < 1.29 is 9.53 Å². The molecule has 1 amide bonds. The van der Waals surface area contributed by atoms with Crippen molar-refractivity contribution in [1.29, 1.82) is 0 Å². The Hall–Kier alpha value is -3.14. The Balaban J connectivity index is 1.49. The van der Waals surface area contributed by atoms with E-state index in [4.69, 9.17) is 4.74 Å². The molecule has 0 aliphatic rings. The van der Waals surface area contributed by atoms with Crippen molar-refractivity contribution in [3.05, 3.63) is 90.1 Å². The summed E-state index contributed by atoms with van der Waals surface area (Å²) < 4.78 is 5.71. The summed E-state index contributed by atoms with van der Waals surface area (Å²) in [7, 11) is 0. The number of amides is 1. The first-order valence-electron chi connectivity index (χ1n) is 8.28. The highest BCUT2D eigenvalue weighted by molar-refractivity contribution is 5.76. The van der Waals surface area contributed by atoms with Crippen LogP contribution in [0.25, 0.3) is 0 Å². The quantitative estimate of drug-likeness (QED) is 0.708. The topological polar surface area (TPSA) is 51.2 Å². The molecule has 3 rings (SSSR count). The minimum Gasteiger partial charge on any atom is -0.439 e. The van der Waals surface area contributed by atoms with Crippen LogP contribution in [0, 0.1) is 0 Å². The number of hydrogen-bond donors (Lipinski definition) is 1. The summed E-state index contributed by atoms with van der Waals surface area (Å²) in [6, 6.07) is 23.2. The van der Waals surface area contributed by atoms with E-state index in [0.29, 0.717) is 24.6 Å². The van der Waals surface area contributed by atoms with Gasteiger partial charge in [0, 0.05) is 25.2 Å². The van der Waals surface area contributed by atoms with Gasteiger partial charge in [-0.05, 0) is 35.7 Å². The van der Waals surface area contributed by atoms with Crippen molar-refractivity contribution in [3.8, 4) is 11.6 Å². The summed E-state index contributed by atoms with van der Waals surface area (Å²) in [5.74, 6) is 1.29. The molecule has 0 atom stereocenters. The number of nitrogens with one attached hydrogen (secondary N) is 1. The first-order chi connectivity index (χ1) is 12.3. The first-order valence-corrected chi connectivity index (χ1v) is 8.28. The van der Waals surface area contributed by atoms with Crippen molar-refractivity contribution in [1.82, 2.24) is 10.3 Å². The monoisotopic (exact) mass is 332 g/mol. The molecule has 0 bridgehead atoms. The molecule has 0 radical (unpaired) electrons. The molecule has 0 aliphatic carbocycles. The molecular formula is C21H20N2O2. The van der Waals surface area contributed by atoms with Gasteiger partial charge < -0.3 is 10.1 Å². The van der Waals surface area contributed by atoms with E-state index in [1.165, 1.54) is 5.56 Å². The van der Waals surface area contributed by atoms with Crippen LogP contribution in [0.2, 0.25) is 0 Å². The number of ether oxygens (including phenoxy) is 1. The fraction of sp³-hybridized carbons (Fsp3) is 0.143. The summed E-state index contributed by atoms with van der Waals surface area (Å²) in [5, 5.41) is 2.95. The second-order valence-electron chi connectivity index (χ2n) is 5.68. The number of aryl methyl sites for hydroxylation is 1. The van der Waals surface area contributed by atoms with Crippen LogP contribution in [0.4, 0.5) is 0 Å². The van der Waals surface area contributed by atoms with Crippen LogP contribution in [0.1, 0.15) is 17.5 Å². The van der Waals surface area contributed by atoms with E-state index in [-0.39, 0.29) is 5.91 Å². The Bertz CT molecular complexity index is 804. The summed E-state index contributed by atoms with van der Waals surface area (Å²) in [6.07, 6.45) is 2.91. The Morgan fingerprint density at radius 2 is 1.72 bits per heavy atom. The Kier molecular flexibility index (Phi) is 5.77. The molecule has 4 heteroatoms. The lowest BCUT2D eigenvalue weighted by Gasteiger charge is -2.08. The molecule has 0 saturated heterocycles. The first kappa shape index (κ1) is 16.7. The molecule has 1 heterocycles. The van der Waals surface area contributed by atoms with Gasteiger partial charge in [0.05, 0.1) is 0 Å². The molecule has 3 aromatic rings. The molecule has 0 aliphatic heterocycles. The maximum Gasteiger partial charge on any atom is 0.220 e. The third-order valence-electron chi connectivity index (χ3n) is 3.73. The minimum absolute atomic E-state index is 0.0416. The highest BCUT2D eigenvalue weighted by Crippen LogP contribution is 2.19. The highest BCUT2D eigenvalue weighted by atomic mass is 16.5. The van der Waals surface area contributed by atoms with E-state index in [0.717, 1.165) is 12.0 Å². The largest absolute Gasteiger partial charge is 0.439 e. The van der Waals surface area contributed by atoms with Crippen LogP contribution in [0.15, 0.2) is 79.0 Å². The van der Waals surface area contributed by atoms with Gasteiger partial charge in [-0.15, -0.1) is 0 Å². The standard InChI is InChI=1S/C21H20N2O2/c24-20(13-12-17-7-2-1-3-8-17)23-16-18-9-6-10-19(15-18)25-21-11-4-5-14-22-21/h1-11,14-15H,12-13,16H2,(H,23,24). The smallest absolute Gasteiger partial charge is 0.220 e. The summed E-state index contributed by atoms with van der Waals surface area (Å²) in [4.78, 5) is 16.2. The number of carbonyl (C=O) groups excluding carboxylic acids is 1. The van der Waals surface area contributed by atoms with Gasteiger partial charge in [-0.25, -0.2) is 4.98 Å². The van der Waals surface area contributed by atoms with E-state index in [2.05, 4.69) is 10.3 Å². The van der Waals surface area contributed by atoms with Gasteiger partial charge in [-0.1, -0.05) is 48.5 Å². The molecule has 2 aromatic carbocycles. The molecule has 126 valence electrons. The fourth-order valence-electron chi connectivity index (χ4n) is 2.44. The lowest BCUT2D eigenvalue weighted by molar-refractivity contribution is -0.121. The van der Waals surface area contributed by atoms with Crippen molar-refractivity contribution in [3.63, 3.8) is 0 Å². The van der Waals surface area contributed by atoms with Crippen LogP contribution in [-0.2, 0) is 17.8 Å². The lowest BCUT2D eigenvalue weighted by atomic mass is 10.1. The zero-order chi connectivity index (χ0) is 17.3. The van der Waals surface area contributed by atoms with Gasteiger partial charge in [0.1, 0.15) is 5.75 Å². The van der Waals surface area contributed by atoms with E-state index in [9.17, 15) is 4.79 Å². The third kappa shape index (κ3) is 5.46. The lowest BCUT2D eigenvalue weighted by Crippen LogP contribution is -2.22. The third-order valence-corrected chi connectivity index (χ3v) is 3.73. The maximum atomic E-state index is 12.0. The van der Waals surface area contributed by atoms with E-state index >= 15 is 0 Å². The van der Waals surface area contributed by atoms with Gasteiger partial charge in [-0.3, -0.25) is 4.79 Å². The van der Waals surface area contributed by atoms with Crippen LogP contribution in [0.3, 0.4) is 0 Å². The Labute approximate surface area is 147 Å². The Morgan fingerprint density at radius 3 is 2.52 bits per heavy atom. The predicted molar refractivity (Wildman–Crippen MR) is 97.4 cm³/mol. The maximum absolute atomic E-state index is 12.0. The van der Waals surface area contributed by atoms with Crippen LogP contribution in [-0.4, -0.2) is 10.9 Å². The summed E-state index contributed by atoms with van der Waals surface area (Å²) in [5.41, 5.74) is 2.16. The fourth-order valence-corrected chi connectivity index (χ4v) is 2.44. The molecule has 1 aromatic heterocycles. The average Bonchev–Trinajstić information content (AvgIpc) is 2.67. The van der Waals surface area contributed by atoms with Gasteiger partial charge in [0.25, 0.3) is 0 Å². The second kappa shape index (κ2) is 8.64. The number of pyridine rings is 1. The molecule has 4 nitrogen and oxygen atoms in total. The molecule has 25 heavy (non-hydrogen) atoms. The van der Waals surface area contributed by atoms with E-state index < -0.39 is 0 Å². The van der Waals surface area contributed by atoms with Crippen LogP contribution in [0.5, 0.6) is 11.6 Å². The zero-order valence-corrected chi connectivity index (χ0v) is 13.9. The van der Waals surface area contributed by atoms with Gasteiger partial charge >= 0.3 is 0 Å². The number of hydrogen-bond acceptors (Lipinski definition) is 3. The predicted octanol–water partition coefficient (Wildman–Crippen LogP) is 4.12. The summed E-state index contributed by atoms with van der Waals surface area (Å²) in [6.45, 7) is 0.479. The number of aromatic nitrogens is 1. The van der Waals surface area contributed by atoms with E-state index in [1.54, 1.807) is 12.3 Å². The van der Waals surface area contributed by atoms with Crippen LogP contribution < -0.4 is 10.1 Å². The number of benzene rings is 2. The van der Waals surface area contributed by atoms with Crippen molar-refractivity contribution >= 4 is 5.91 Å². The molecule has 0 unspecified atom stereocenters. The summed E-state index contributed by atoms with van der Waals surface area (Å²) >= 11 is 0. The van der Waals surface area contributed by atoms with Gasteiger partial charge in [0.15, 0.2) is 0 Å². The second-order valence-corrected chi connectivity index (χ2v) is 5.68. The SMILES string of the molecule is O=C(CCc1ccccc1)NCc1cccc(Oc2ccccn2)c1. The van der Waals surface area contributed by atoms with Crippen molar-refractivity contribution in [2.45, 2.75) is 19.4 Å². The Morgan fingerprint density at radius 1 is 0.920 bits per heavy atom. The molecule has 0 spiro atoms. The normalized spacial score (nSPS) is 10.2. The highest BCUT2D eigenvalue weighted by Gasteiger charge is 2.04. The molecule has 0 fully saturated rings. The molecule has 1 N–H and O–H groups in total. The minimum atomic E-state index is 0.0416. The van der Waals surface area contributed by atoms with E-state index in [1.807, 2.05) is 66.7 Å². The average molecular weight is 332 g/mol. The van der Waals surface area contributed by atoms with Crippen molar-refractivity contribution in [2.24, 2.45) is 0 Å².